The summed E-state index contributed by atoms with van der Waals surface area (Å²) in [5.41, 5.74) is 0.244. The normalized spacial score (nSPS) is 12.3. The Morgan fingerprint density at radius 3 is 2.67 bits per heavy atom. The molecule has 0 spiro atoms. The van der Waals surface area contributed by atoms with Gasteiger partial charge in [-0.2, -0.15) is 0 Å². The minimum Gasteiger partial charge on any atom is -0.385 e. The lowest BCUT2D eigenvalue weighted by molar-refractivity contribution is -0.00155. The third-order valence-corrected chi connectivity index (χ3v) is 2.50. The number of carbonyl (C=O) groups excluding carboxylic acids is 1. The highest BCUT2D eigenvalue weighted by Gasteiger charge is 2.17. The first-order chi connectivity index (χ1) is 8.40. The van der Waals surface area contributed by atoms with Gasteiger partial charge in [0.2, 0.25) is 0 Å². The molecule has 8 heteroatoms. The first-order valence-corrected chi connectivity index (χ1v) is 5.62. The Hall–Kier alpha value is -1.11. The highest BCUT2D eigenvalue weighted by molar-refractivity contribution is 6.35. The van der Waals surface area contributed by atoms with E-state index in [-0.39, 0.29) is 10.7 Å². The third-order valence-electron chi connectivity index (χ3n) is 1.94. The zero-order valence-corrected chi connectivity index (χ0v) is 10.5. The van der Waals surface area contributed by atoms with Gasteiger partial charge in [-0.15, -0.1) is 0 Å². The Balaban J connectivity index is 2.52. The van der Waals surface area contributed by atoms with Crippen molar-refractivity contribution < 1.29 is 18.7 Å². The minimum absolute atomic E-state index is 0.244. The van der Waals surface area contributed by atoms with Crippen LogP contribution in [0.3, 0.4) is 0 Å². The van der Waals surface area contributed by atoms with E-state index in [1.165, 1.54) is 18.2 Å². The smallest absolute Gasteiger partial charge is 0.319 e. The van der Waals surface area contributed by atoms with E-state index >= 15 is 0 Å². The van der Waals surface area contributed by atoms with Crippen LogP contribution in [0.5, 0.6) is 0 Å². The predicted molar refractivity (Wildman–Crippen MR) is 65.5 cm³/mol. The molecule has 0 radical (unpaired) electrons. The van der Waals surface area contributed by atoms with Crippen molar-refractivity contribution in [2.75, 3.05) is 11.9 Å². The van der Waals surface area contributed by atoms with Crippen molar-refractivity contribution in [2.24, 2.45) is 0 Å². The maximum atomic E-state index is 12.0. The maximum absolute atomic E-state index is 12.0. The number of carbonyl (C=O) groups is 1. The van der Waals surface area contributed by atoms with Crippen molar-refractivity contribution in [3.05, 3.63) is 28.2 Å². The topological polar surface area (TPSA) is 61.4 Å². The molecule has 0 aromatic heterocycles. The van der Waals surface area contributed by atoms with Gasteiger partial charge >= 0.3 is 6.03 Å². The molecule has 0 saturated heterocycles. The van der Waals surface area contributed by atoms with Crippen LogP contribution in [-0.4, -0.2) is 30.2 Å². The number of rotatable bonds is 4. The Kier molecular flexibility index (Phi) is 5.58. The molecule has 100 valence electrons. The van der Waals surface area contributed by atoms with Crippen molar-refractivity contribution in [1.82, 2.24) is 5.32 Å². The monoisotopic (exact) mass is 298 g/mol. The molecule has 0 heterocycles. The summed E-state index contributed by atoms with van der Waals surface area (Å²) in [6, 6.07) is 3.66. The van der Waals surface area contributed by atoms with Crippen LogP contribution in [0.1, 0.15) is 0 Å². The number of benzene rings is 1. The standard InChI is InChI=1S/C10H10Cl2F2N2O2/c11-5-1-2-6(12)7(3-5)16-10(18)15-4-8(17)9(13)14/h1-3,8-9,17H,4H2,(H2,15,16,18). The quantitative estimate of drug-likeness (QED) is 0.800. The molecule has 0 bridgehead atoms. The van der Waals surface area contributed by atoms with Crippen molar-refractivity contribution >= 4 is 34.9 Å². The molecular formula is C10H10Cl2F2N2O2. The highest BCUT2D eigenvalue weighted by atomic mass is 35.5. The predicted octanol–water partition coefficient (Wildman–Crippen LogP) is 2.74. The van der Waals surface area contributed by atoms with Gasteiger partial charge in [-0.1, -0.05) is 23.2 Å². The number of aliphatic hydroxyl groups excluding tert-OH is 1. The number of aliphatic hydroxyl groups is 1. The molecule has 3 N–H and O–H groups in total. The number of anilines is 1. The van der Waals surface area contributed by atoms with Crippen LogP contribution < -0.4 is 10.6 Å². The summed E-state index contributed by atoms with van der Waals surface area (Å²) in [4.78, 5) is 11.3. The molecule has 0 aliphatic rings. The van der Waals surface area contributed by atoms with Gasteiger partial charge in [0, 0.05) is 5.02 Å². The Labute approximate surface area is 112 Å². The molecule has 0 aliphatic heterocycles. The minimum atomic E-state index is -2.92. The molecule has 1 atom stereocenters. The second-order valence-corrected chi connectivity index (χ2v) is 4.20. The van der Waals surface area contributed by atoms with E-state index in [2.05, 4.69) is 10.6 Å². The van der Waals surface area contributed by atoms with Crippen LogP contribution >= 0.6 is 23.2 Å². The molecule has 0 fully saturated rings. The van der Waals surface area contributed by atoms with E-state index in [4.69, 9.17) is 28.3 Å². The number of nitrogens with one attached hydrogen (secondary N) is 2. The molecular weight excluding hydrogens is 289 g/mol. The van der Waals surface area contributed by atoms with E-state index in [1.54, 1.807) is 0 Å². The van der Waals surface area contributed by atoms with Crippen molar-refractivity contribution in [2.45, 2.75) is 12.5 Å². The van der Waals surface area contributed by atoms with Gasteiger partial charge in [0.1, 0.15) is 6.10 Å². The van der Waals surface area contributed by atoms with Crippen LogP contribution in [0.15, 0.2) is 18.2 Å². The Morgan fingerprint density at radius 2 is 2.06 bits per heavy atom. The second kappa shape index (κ2) is 6.72. The average Bonchev–Trinajstić information content (AvgIpc) is 2.30. The number of urea groups is 1. The summed E-state index contributed by atoms with van der Waals surface area (Å²) in [7, 11) is 0. The zero-order chi connectivity index (χ0) is 13.7. The molecule has 18 heavy (non-hydrogen) atoms. The molecule has 1 unspecified atom stereocenters. The number of hydrogen-bond acceptors (Lipinski definition) is 2. The second-order valence-electron chi connectivity index (χ2n) is 3.36. The van der Waals surface area contributed by atoms with E-state index in [0.29, 0.717) is 5.02 Å². The fourth-order valence-corrected chi connectivity index (χ4v) is 1.38. The SMILES string of the molecule is O=C(NCC(O)C(F)F)Nc1cc(Cl)ccc1Cl. The van der Waals surface area contributed by atoms with Crippen LogP contribution in [0.2, 0.25) is 10.0 Å². The van der Waals surface area contributed by atoms with Crippen LogP contribution in [0.4, 0.5) is 19.3 Å². The van der Waals surface area contributed by atoms with Gasteiger partial charge in [-0.05, 0) is 18.2 Å². The molecule has 0 aliphatic carbocycles. The highest BCUT2D eigenvalue weighted by Crippen LogP contribution is 2.25. The summed E-state index contributed by atoms with van der Waals surface area (Å²) in [5, 5.41) is 13.8. The van der Waals surface area contributed by atoms with E-state index in [9.17, 15) is 13.6 Å². The molecule has 4 nitrogen and oxygen atoms in total. The van der Waals surface area contributed by atoms with Gasteiger partial charge < -0.3 is 15.7 Å². The maximum Gasteiger partial charge on any atom is 0.319 e. The van der Waals surface area contributed by atoms with Crippen LogP contribution in [0, 0.1) is 0 Å². The molecule has 1 aromatic rings. The van der Waals surface area contributed by atoms with Crippen molar-refractivity contribution in [3.8, 4) is 0 Å². The summed E-state index contributed by atoms with van der Waals surface area (Å²) >= 11 is 11.5. The number of hydrogen-bond donors (Lipinski definition) is 3. The van der Waals surface area contributed by atoms with Gasteiger partial charge in [-0.3, -0.25) is 0 Å². The van der Waals surface area contributed by atoms with Crippen LogP contribution in [0.25, 0.3) is 0 Å². The fourth-order valence-electron chi connectivity index (χ4n) is 1.05. The van der Waals surface area contributed by atoms with Gasteiger partial charge in [-0.25, -0.2) is 13.6 Å². The Bertz CT molecular complexity index is 432. The first-order valence-electron chi connectivity index (χ1n) is 4.86. The van der Waals surface area contributed by atoms with Gasteiger partial charge in [0.15, 0.2) is 0 Å². The van der Waals surface area contributed by atoms with Crippen molar-refractivity contribution in [1.29, 1.82) is 0 Å². The largest absolute Gasteiger partial charge is 0.385 e. The lowest BCUT2D eigenvalue weighted by atomic mass is 10.3. The summed E-state index contributed by atoms with van der Waals surface area (Å²) in [6.07, 6.45) is -4.83. The lowest BCUT2D eigenvalue weighted by Crippen LogP contribution is -2.38. The van der Waals surface area contributed by atoms with E-state index in [1.807, 2.05) is 0 Å². The number of halogens is 4. The lowest BCUT2D eigenvalue weighted by Gasteiger charge is -2.12. The van der Waals surface area contributed by atoms with Gasteiger partial charge in [0.25, 0.3) is 6.43 Å². The number of amides is 2. The van der Waals surface area contributed by atoms with Crippen LogP contribution in [-0.2, 0) is 0 Å². The first kappa shape index (κ1) is 14.9. The average molecular weight is 299 g/mol. The molecule has 2 amide bonds. The summed E-state index contributed by atoms with van der Waals surface area (Å²) < 4.78 is 23.9. The number of alkyl halides is 2. The van der Waals surface area contributed by atoms with Gasteiger partial charge in [0.05, 0.1) is 17.3 Å². The van der Waals surface area contributed by atoms with Crippen molar-refractivity contribution in [3.63, 3.8) is 0 Å². The summed E-state index contributed by atoms with van der Waals surface area (Å²) in [6.45, 7) is -0.568. The fraction of sp³-hybridized carbons (Fsp3) is 0.300. The molecule has 0 saturated carbocycles. The summed E-state index contributed by atoms with van der Waals surface area (Å²) in [5.74, 6) is 0. The zero-order valence-electron chi connectivity index (χ0n) is 8.96. The Morgan fingerprint density at radius 1 is 1.39 bits per heavy atom. The molecule has 1 aromatic carbocycles. The third kappa shape index (κ3) is 4.64. The van der Waals surface area contributed by atoms with E-state index in [0.717, 1.165) is 0 Å². The molecule has 1 rings (SSSR count). The van der Waals surface area contributed by atoms with E-state index < -0.39 is 25.1 Å².